The number of benzene rings is 2. The third kappa shape index (κ3) is 3.99. The second kappa shape index (κ2) is 7.14. The maximum Gasteiger partial charge on any atom is 0.128 e. The number of rotatable bonds is 6. The Morgan fingerprint density at radius 3 is 2.62 bits per heavy atom. The van der Waals surface area contributed by atoms with Crippen LogP contribution in [0.15, 0.2) is 42.5 Å². The molecule has 0 fully saturated rings. The first-order chi connectivity index (χ1) is 10.1. The number of nitrogens with one attached hydrogen (secondary N) is 1. The molecular weight excluding hydrogens is 262 g/mol. The molecule has 0 amide bonds. The van der Waals surface area contributed by atoms with Crippen molar-refractivity contribution < 1.29 is 9.47 Å². The predicted molar refractivity (Wildman–Crippen MR) is 86.0 cm³/mol. The van der Waals surface area contributed by atoms with Crippen molar-refractivity contribution in [1.82, 2.24) is 5.32 Å². The molecule has 0 radical (unpaired) electrons. The van der Waals surface area contributed by atoms with Crippen LogP contribution in [0.3, 0.4) is 0 Å². The number of hydrogen-bond donors (Lipinski definition) is 1. The minimum absolute atomic E-state index is 0.225. The van der Waals surface area contributed by atoms with Gasteiger partial charge in [-0.1, -0.05) is 35.9 Å². The molecule has 2 rings (SSSR count). The smallest absolute Gasteiger partial charge is 0.128 e. The summed E-state index contributed by atoms with van der Waals surface area (Å²) in [6.45, 7) is 4.75. The van der Waals surface area contributed by atoms with Gasteiger partial charge in [0.1, 0.15) is 18.1 Å². The highest BCUT2D eigenvalue weighted by atomic mass is 16.5. The molecule has 2 aromatic rings. The molecule has 0 heterocycles. The van der Waals surface area contributed by atoms with E-state index < -0.39 is 0 Å². The molecule has 0 aliphatic heterocycles. The van der Waals surface area contributed by atoms with Gasteiger partial charge in [-0.3, -0.25) is 0 Å². The van der Waals surface area contributed by atoms with E-state index in [9.17, 15) is 0 Å². The first-order valence-electron chi connectivity index (χ1n) is 7.17. The zero-order valence-electron chi connectivity index (χ0n) is 13.1. The van der Waals surface area contributed by atoms with Gasteiger partial charge in [-0.2, -0.15) is 0 Å². The van der Waals surface area contributed by atoms with Crippen molar-refractivity contribution in [2.75, 3.05) is 14.2 Å². The SMILES string of the molecule is CNC(C)c1ccc(OC)cc1OCc1cccc(C)c1. The average Bonchev–Trinajstić information content (AvgIpc) is 2.52. The van der Waals surface area contributed by atoms with E-state index >= 15 is 0 Å². The summed E-state index contributed by atoms with van der Waals surface area (Å²) in [6.07, 6.45) is 0. The van der Waals surface area contributed by atoms with Gasteiger partial charge < -0.3 is 14.8 Å². The summed E-state index contributed by atoms with van der Waals surface area (Å²) in [5.41, 5.74) is 3.54. The first kappa shape index (κ1) is 15.4. The van der Waals surface area contributed by atoms with Crippen molar-refractivity contribution in [1.29, 1.82) is 0 Å². The van der Waals surface area contributed by atoms with E-state index in [2.05, 4.69) is 43.4 Å². The molecule has 0 aromatic heterocycles. The second-order valence-electron chi connectivity index (χ2n) is 5.19. The molecule has 112 valence electrons. The summed E-state index contributed by atoms with van der Waals surface area (Å²) in [6, 6.07) is 14.5. The van der Waals surface area contributed by atoms with E-state index in [0.717, 1.165) is 17.1 Å². The van der Waals surface area contributed by atoms with Crippen LogP contribution >= 0.6 is 0 Å². The van der Waals surface area contributed by atoms with Crippen LogP contribution in [0.2, 0.25) is 0 Å². The monoisotopic (exact) mass is 285 g/mol. The van der Waals surface area contributed by atoms with Crippen molar-refractivity contribution in [3.8, 4) is 11.5 Å². The van der Waals surface area contributed by atoms with E-state index in [0.29, 0.717) is 6.61 Å². The highest BCUT2D eigenvalue weighted by molar-refractivity contribution is 5.42. The van der Waals surface area contributed by atoms with Crippen LogP contribution in [0.25, 0.3) is 0 Å². The van der Waals surface area contributed by atoms with Gasteiger partial charge in [0.15, 0.2) is 0 Å². The van der Waals surface area contributed by atoms with E-state index in [-0.39, 0.29) is 6.04 Å². The Kier molecular flexibility index (Phi) is 5.23. The van der Waals surface area contributed by atoms with Gasteiger partial charge in [-0.25, -0.2) is 0 Å². The van der Waals surface area contributed by atoms with Crippen LogP contribution in [0, 0.1) is 6.92 Å². The van der Waals surface area contributed by atoms with E-state index in [4.69, 9.17) is 9.47 Å². The average molecular weight is 285 g/mol. The van der Waals surface area contributed by atoms with E-state index in [1.54, 1.807) is 7.11 Å². The van der Waals surface area contributed by atoms with Gasteiger partial charge in [0.25, 0.3) is 0 Å². The molecule has 3 heteroatoms. The van der Waals surface area contributed by atoms with Crippen LogP contribution in [0.1, 0.15) is 29.7 Å². The third-order valence-electron chi connectivity index (χ3n) is 3.60. The Hall–Kier alpha value is -2.00. The lowest BCUT2D eigenvalue weighted by atomic mass is 10.1. The molecule has 0 aliphatic carbocycles. The van der Waals surface area contributed by atoms with Crippen LogP contribution < -0.4 is 14.8 Å². The summed E-state index contributed by atoms with van der Waals surface area (Å²) in [4.78, 5) is 0. The normalized spacial score (nSPS) is 12.0. The van der Waals surface area contributed by atoms with Crippen molar-refractivity contribution in [2.45, 2.75) is 26.5 Å². The Bertz CT molecular complexity index is 596. The van der Waals surface area contributed by atoms with Crippen molar-refractivity contribution >= 4 is 0 Å². The highest BCUT2D eigenvalue weighted by Gasteiger charge is 2.11. The van der Waals surface area contributed by atoms with Gasteiger partial charge in [-0.05, 0) is 32.5 Å². The largest absolute Gasteiger partial charge is 0.497 e. The lowest BCUT2D eigenvalue weighted by Gasteiger charge is -2.17. The Balaban J connectivity index is 2.20. The molecule has 3 nitrogen and oxygen atoms in total. The third-order valence-corrected chi connectivity index (χ3v) is 3.60. The van der Waals surface area contributed by atoms with Crippen LogP contribution in [0.4, 0.5) is 0 Å². The topological polar surface area (TPSA) is 30.5 Å². The predicted octanol–water partition coefficient (Wildman–Crippen LogP) is 3.86. The summed E-state index contributed by atoms with van der Waals surface area (Å²) in [5, 5.41) is 3.25. The second-order valence-corrected chi connectivity index (χ2v) is 5.19. The zero-order valence-corrected chi connectivity index (χ0v) is 13.1. The maximum atomic E-state index is 6.02. The standard InChI is InChI=1S/C18H23NO2/c1-13-6-5-7-15(10-13)12-21-18-11-16(20-4)8-9-17(18)14(2)19-3/h5-11,14,19H,12H2,1-4H3. The number of aryl methyl sites for hydroxylation is 1. The molecule has 0 bridgehead atoms. The molecule has 1 atom stereocenters. The van der Waals surface area contributed by atoms with Gasteiger partial charge in [0.2, 0.25) is 0 Å². The molecular formula is C18H23NO2. The van der Waals surface area contributed by atoms with Crippen molar-refractivity contribution in [3.63, 3.8) is 0 Å². The molecule has 21 heavy (non-hydrogen) atoms. The Morgan fingerprint density at radius 1 is 1.14 bits per heavy atom. The van der Waals surface area contributed by atoms with E-state index in [1.165, 1.54) is 11.1 Å². The molecule has 0 aliphatic rings. The molecule has 0 saturated carbocycles. The molecule has 1 N–H and O–H groups in total. The molecule has 0 spiro atoms. The minimum atomic E-state index is 0.225. The Morgan fingerprint density at radius 2 is 1.95 bits per heavy atom. The van der Waals surface area contributed by atoms with Gasteiger partial charge in [-0.15, -0.1) is 0 Å². The molecule has 2 aromatic carbocycles. The van der Waals surface area contributed by atoms with Crippen LogP contribution in [0.5, 0.6) is 11.5 Å². The number of methoxy groups -OCH3 is 1. The fourth-order valence-electron chi connectivity index (χ4n) is 2.24. The van der Waals surface area contributed by atoms with Gasteiger partial charge in [0, 0.05) is 17.7 Å². The summed E-state index contributed by atoms with van der Waals surface area (Å²) >= 11 is 0. The zero-order chi connectivity index (χ0) is 15.2. The lowest BCUT2D eigenvalue weighted by molar-refractivity contribution is 0.297. The summed E-state index contributed by atoms with van der Waals surface area (Å²) < 4.78 is 11.3. The van der Waals surface area contributed by atoms with Crippen molar-refractivity contribution in [2.24, 2.45) is 0 Å². The number of hydrogen-bond acceptors (Lipinski definition) is 3. The first-order valence-corrected chi connectivity index (χ1v) is 7.17. The summed E-state index contributed by atoms with van der Waals surface area (Å²) in [5.74, 6) is 1.67. The maximum absolute atomic E-state index is 6.02. The molecule has 0 saturated heterocycles. The minimum Gasteiger partial charge on any atom is -0.497 e. The molecule has 1 unspecified atom stereocenters. The van der Waals surface area contributed by atoms with Crippen molar-refractivity contribution in [3.05, 3.63) is 59.2 Å². The van der Waals surface area contributed by atoms with Crippen LogP contribution in [-0.2, 0) is 6.61 Å². The lowest BCUT2D eigenvalue weighted by Crippen LogP contribution is -2.13. The fourth-order valence-corrected chi connectivity index (χ4v) is 2.24. The van der Waals surface area contributed by atoms with Gasteiger partial charge in [0.05, 0.1) is 7.11 Å². The van der Waals surface area contributed by atoms with E-state index in [1.807, 2.05) is 25.2 Å². The Labute approximate surface area is 126 Å². The van der Waals surface area contributed by atoms with Crippen LogP contribution in [-0.4, -0.2) is 14.2 Å². The fraction of sp³-hybridized carbons (Fsp3) is 0.333. The highest BCUT2D eigenvalue weighted by Crippen LogP contribution is 2.30. The summed E-state index contributed by atoms with van der Waals surface area (Å²) in [7, 11) is 3.61. The van der Waals surface area contributed by atoms with Gasteiger partial charge >= 0.3 is 0 Å². The number of ether oxygens (including phenoxy) is 2. The quantitative estimate of drug-likeness (QED) is 0.874.